The van der Waals surface area contributed by atoms with Crippen LogP contribution >= 0.6 is 22.6 Å². The zero-order valence-electron chi connectivity index (χ0n) is 21.6. The van der Waals surface area contributed by atoms with E-state index in [9.17, 15) is 18.8 Å². The Labute approximate surface area is 232 Å². The molecule has 0 aliphatic rings. The van der Waals surface area contributed by atoms with Gasteiger partial charge in [-0.3, -0.25) is 9.59 Å². The maximum absolute atomic E-state index is 14.9. The second kappa shape index (κ2) is 11.6. The summed E-state index contributed by atoms with van der Waals surface area (Å²) in [4.78, 5) is 38.7. The molecule has 1 N–H and O–H groups in total. The number of aromatic nitrogens is 1. The molecule has 1 amide bonds. The zero-order chi connectivity index (χ0) is 27.6. The monoisotopic (exact) mass is 630 g/mol. The Morgan fingerprint density at radius 3 is 2.61 bits per heavy atom. The van der Waals surface area contributed by atoms with Crippen LogP contribution in [0.15, 0.2) is 56.5 Å². The fourth-order valence-electron chi connectivity index (χ4n) is 4.67. The molecular formula is C29H28FIN2O5. The summed E-state index contributed by atoms with van der Waals surface area (Å²) in [7, 11) is 1.60. The molecule has 2 aromatic carbocycles. The first-order chi connectivity index (χ1) is 18.1. The highest BCUT2D eigenvalue weighted by atomic mass is 127. The van der Waals surface area contributed by atoms with Crippen molar-refractivity contribution in [2.24, 2.45) is 0 Å². The van der Waals surface area contributed by atoms with E-state index in [0.717, 1.165) is 3.57 Å². The third kappa shape index (κ3) is 5.58. The van der Waals surface area contributed by atoms with E-state index in [2.05, 4.69) is 5.32 Å². The second-order valence-corrected chi connectivity index (χ2v) is 10.4. The van der Waals surface area contributed by atoms with E-state index < -0.39 is 11.4 Å². The summed E-state index contributed by atoms with van der Waals surface area (Å²) in [6.07, 6.45) is 0.642. The predicted octanol–water partition coefficient (Wildman–Crippen LogP) is 5.57. The molecule has 4 rings (SSSR count). The third-order valence-electron chi connectivity index (χ3n) is 6.52. The number of methoxy groups -OCH3 is 1. The summed E-state index contributed by atoms with van der Waals surface area (Å²) < 4.78 is 28.3. The van der Waals surface area contributed by atoms with E-state index >= 15 is 0 Å². The summed E-state index contributed by atoms with van der Waals surface area (Å²) in [5, 5.41) is 3.01. The fourth-order valence-corrected chi connectivity index (χ4v) is 5.12. The van der Waals surface area contributed by atoms with Crippen LogP contribution in [0.4, 0.5) is 10.1 Å². The van der Waals surface area contributed by atoms with Crippen LogP contribution in [0.25, 0.3) is 22.1 Å². The number of hydrogen-bond donors (Lipinski definition) is 1. The van der Waals surface area contributed by atoms with Gasteiger partial charge in [0.1, 0.15) is 5.82 Å². The largest absolute Gasteiger partial charge is 0.422 e. The standard InChI is InChI=1S/C29H28FIN2O5/c1-16-23(14-19-9-10-21(31)15-24(19)30)26-27(38-29(16)36)25(17(2)33(28(26)35)11-6-12-37-4)20-7-5-8-22(13-20)32-18(3)34/h5,7-10,13,15H,6,11-12,14H2,1-4H3,(H,32,34). The number of benzene rings is 2. The van der Waals surface area contributed by atoms with Crippen molar-refractivity contribution in [3.63, 3.8) is 0 Å². The molecule has 0 bridgehead atoms. The van der Waals surface area contributed by atoms with Gasteiger partial charge in [0, 0.05) is 59.7 Å². The predicted molar refractivity (Wildman–Crippen MR) is 154 cm³/mol. The highest BCUT2D eigenvalue weighted by molar-refractivity contribution is 14.1. The first-order valence-corrected chi connectivity index (χ1v) is 13.2. The number of halogens is 2. The average molecular weight is 630 g/mol. The summed E-state index contributed by atoms with van der Waals surface area (Å²) in [6, 6.07) is 12.0. The third-order valence-corrected chi connectivity index (χ3v) is 7.19. The number of ether oxygens (including phenoxy) is 1. The molecule has 0 saturated carbocycles. The molecule has 198 valence electrons. The van der Waals surface area contributed by atoms with E-state index in [-0.39, 0.29) is 34.4 Å². The molecule has 0 fully saturated rings. The molecule has 7 nitrogen and oxygen atoms in total. The Balaban J connectivity index is 2.07. The molecular weight excluding hydrogens is 602 g/mol. The number of fused-ring (bicyclic) bond motifs is 1. The minimum atomic E-state index is -0.589. The molecule has 38 heavy (non-hydrogen) atoms. The minimum absolute atomic E-state index is 0.0540. The van der Waals surface area contributed by atoms with Gasteiger partial charge in [0.25, 0.3) is 5.56 Å². The lowest BCUT2D eigenvalue weighted by Gasteiger charge is -2.19. The number of hydrogen-bond acceptors (Lipinski definition) is 5. The van der Waals surface area contributed by atoms with Gasteiger partial charge in [0.15, 0.2) is 5.58 Å². The molecule has 0 spiro atoms. The van der Waals surface area contributed by atoms with Crippen LogP contribution in [0.2, 0.25) is 0 Å². The van der Waals surface area contributed by atoms with E-state index in [4.69, 9.17) is 9.15 Å². The molecule has 0 aliphatic heterocycles. The maximum atomic E-state index is 14.9. The lowest BCUT2D eigenvalue weighted by atomic mass is 9.94. The number of anilines is 1. The average Bonchev–Trinajstić information content (AvgIpc) is 2.85. The van der Waals surface area contributed by atoms with Crippen LogP contribution in [0.1, 0.15) is 35.7 Å². The molecule has 9 heteroatoms. The van der Waals surface area contributed by atoms with E-state index in [0.29, 0.717) is 53.2 Å². The number of carbonyl (C=O) groups excluding carboxylic acids is 1. The van der Waals surface area contributed by atoms with Crippen molar-refractivity contribution < 1.29 is 18.3 Å². The Kier molecular flexibility index (Phi) is 8.47. The maximum Gasteiger partial charge on any atom is 0.339 e. The van der Waals surface area contributed by atoms with Gasteiger partial charge in [0.05, 0.1) is 5.39 Å². The highest BCUT2D eigenvalue weighted by Gasteiger charge is 2.24. The first-order valence-electron chi connectivity index (χ1n) is 12.1. The van der Waals surface area contributed by atoms with Gasteiger partial charge in [-0.15, -0.1) is 0 Å². The van der Waals surface area contributed by atoms with Crippen LogP contribution in [0.3, 0.4) is 0 Å². The SMILES string of the molecule is COCCCn1c(C)c(-c2cccc(NC(C)=O)c2)c2oc(=O)c(C)c(Cc3ccc(I)cc3F)c2c1=O. The van der Waals surface area contributed by atoms with Gasteiger partial charge in [0.2, 0.25) is 5.91 Å². The van der Waals surface area contributed by atoms with Gasteiger partial charge in [-0.05, 0) is 83.8 Å². The second-order valence-electron chi connectivity index (χ2n) is 9.14. The highest BCUT2D eigenvalue weighted by Crippen LogP contribution is 2.34. The molecule has 0 unspecified atom stereocenters. The zero-order valence-corrected chi connectivity index (χ0v) is 23.8. The topological polar surface area (TPSA) is 90.5 Å². The summed E-state index contributed by atoms with van der Waals surface area (Å²) >= 11 is 2.03. The number of carbonyl (C=O) groups is 1. The molecule has 0 saturated heterocycles. The van der Waals surface area contributed by atoms with Gasteiger partial charge in [-0.1, -0.05) is 18.2 Å². The number of amides is 1. The number of nitrogens with zero attached hydrogens (tertiary/aromatic N) is 1. The lowest BCUT2D eigenvalue weighted by molar-refractivity contribution is -0.114. The first kappa shape index (κ1) is 27.7. The van der Waals surface area contributed by atoms with Crippen molar-refractivity contribution in [1.29, 1.82) is 0 Å². The van der Waals surface area contributed by atoms with Crippen molar-refractivity contribution in [3.05, 3.63) is 95.0 Å². The van der Waals surface area contributed by atoms with E-state index in [1.165, 1.54) is 13.0 Å². The van der Waals surface area contributed by atoms with Crippen molar-refractivity contribution in [3.8, 4) is 11.1 Å². The van der Waals surface area contributed by atoms with Crippen LogP contribution in [0, 0.1) is 23.2 Å². The van der Waals surface area contributed by atoms with Gasteiger partial charge >= 0.3 is 5.63 Å². The Bertz CT molecular complexity index is 1660. The summed E-state index contributed by atoms with van der Waals surface area (Å²) in [6.45, 7) is 5.65. The van der Waals surface area contributed by atoms with Crippen molar-refractivity contribution >= 4 is 45.2 Å². The quantitative estimate of drug-likeness (QED) is 0.203. The van der Waals surface area contributed by atoms with Crippen LogP contribution < -0.4 is 16.5 Å². The van der Waals surface area contributed by atoms with Gasteiger partial charge in [-0.2, -0.15) is 0 Å². The Morgan fingerprint density at radius 2 is 1.92 bits per heavy atom. The van der Waals surface area contributed by atoms with E-state index in [1.807, 2.05) is 28.7 Å². The molecule has 2 aromatic heterocycles. The number of pyridine rings is 1. The molecule has 4 aromatic rings. The Hall–Kier alpha value is -3.31. The van der Waals surface area contributed by atoms with Crippen molar-refractivity contribution in [2.45, 2.75) is 40.2 Å². The molecule has 0 atom stereocenters. The van der Waals surface area contributed by atoms with Crippen molar-refractivity contribution in [1.82, 2.24) is 4.57 Å². The van der Waals surface area contributed by atoms with Gasteiger partial charge < -0.3 is 19.0 Å². The van der Waals surface area contributed by atoms with Gasteiger partial charge in [-0.25, -0.2) is 9.18 Å². The molecule has 0 aliphatic carbocycles. The van der Waals surface area contributed by atoms with Crippen LogP contribution in [0.5, 0.6) is 0 Å². The van der Waals surface area contributed by atoms with Crippen LogP contribution in [-0.4, -0.2) is 24.2 Å². The summed E-state index contributed by atoms with van der Waals surface area (Å²) in [5.74, 6) is -0.634. The smallest absolute Gasteiger partial charge is 0.339 e. The number of rotatable bonds is 8. The Morgan fingerprint density at radius 1 is 1.16 bits per heavy atom. The van der Waals surface area contributed by atoms with Crippen molar-refractivity contribution in [2.75, 3.05) is 19.0 Å². The van der Waals surface area contributed by atoms with E-state index in [1.54, 1.807) is 55.9 Å². The van der Waals surface area contributed by atoms with Crippen LogP contribution in [-0.2, 0) is 22.5 Å². The minimum Gasteiger partial charge on any atom is -0.422 e. The summed E-state index contributed by atoms with van der Waals surface area (Å²) in [5.41, 5.74) is 2.71. The number of nitrogens with one attached hydrogen (secondary N) is 1. The normalized spacial score (nSPS) is 11.2. The molecule has 0 radical (unpaired) electrons. The lowest BCUT2D eigenvalue weighted by Crippen LogP contribution is -2.27. The molecule has 2 heterocycles. The fraction of sp³-hybridized carbons (Fsp3) is 0.276.